The molecule has 1 aliphatic heterocycles. The van der Waals surface area contributed by atoms with Crippen LogP contribution < -0.4 is 5.32 Å². The van der Waals surface area contributed by atoms with Gasteiger partial charge in [0, 0.05) is 38.3 Å². The van der Waals surface area contributed by atoms with Gasteiger partial charge < -0.3 is 29.2 Å². The molecular weight excluding hydrogens is 580 g/mol. The standard InChI is InChI=1S/C33H36N4O6S/c1-21(41-22(2)39)31(40)34-17-24-6-4-7-26(14-24)27-8-5-9-28(15-27)32-42-29(19-44-33-36-35-20-37(33)3)16-30(43-32)25-12-10-23(18-38)11-13-25/h4-15,20-21,29-30,32,38H,16-19H2,1-3H3,(H,34,40)/t21-,29-,30+,32+/m0/s1. The number of aliphatic hydroxyl groups excluding tert-OH is 1. The number of hydrogen-bond donors (Lipinski definition) is 2. The molecule has 230 valence electrons. The number of aliphatic hydroxyl groups is 1. The van der Waals surface area contributed by atoms with E-state index < -0.39 is 18.4 Å². The molecule has 11 heteroatoms. The highest BCUT2D eigenvalue weighted by Crippen LogP contribution is 2.40. The maximum absolute atomic E-state index is 12.3. The summed E-state index contributed by atoms with van der Waals surface area (Å²) in [6, 6.07) is 23.8. The van der Waals surface area contributed by atoms with E-state index in [4.69, 9.17) is 14.2 Å². The molecule has 0 radical (unpaired) electrons. The van der Waals surface area contributed by atoms with E-state index >= 15 is 0 Å². The number of aryl methyl sites for hydroxylation is 1. The third-order valence-electron chi connectivity index (χ3n) is 7.28. The third kappa shape index (κ3) is 8.11. The van der Waals surface area contributed by atoms with Crippen molar-refractivity contribution in [1.82, 2.24) is 20.1 Å². The number of carbonyl (C=O) groups excluding carboxylic acids is 2. The number of nitrogens with one attached hydrogen (secondary N) is 1. The molecule has 0 saturated carbocycles. The maximum atomic E-state index is 12.3. The second-order valence-corrected chi connectivity index (χ2v) is 11.7. The molecular formula is C33H36N4O6S. The molecule has 4 aromatic rings. The Morgan fingerprint density at radius 3 is 2.50 bits per heavy atom. The second kappa shape index (κ2) is 14.6. The summed E-state index contributed by atoms with van der Waals surface area (Å²) in [5.41, 5.74) is 5.64. The Labute approximate surface area is 260 Å². The van der Waals surface area contributed by atoms with Gasteiger partial charge in [-0.3, -0.25) is 9.59 Å². The highest BCUT2D eigenvalue weighted by Gasteiger charge is 2.32. The lowest BCUT2D eigenvalue weighted by Crippen LogP contribution is -2.35. The Morgan fingerprint density at radius 2 is 1.80 bits per heavy atom. The summed E-state index contributed by atoms with van der Waals surface area (Å²) < 4.78 is 19.9. The van der Waals surface area contributed by atoms with Crippen LogP contribution in [0.5, 0.6) is 0 Å². The summed E-state index contributed by atoms with van der Waals surface area (Å²) in [7, 11) is 1.92. The van der Waals surface area contributed by atoms with Crippen molar-refractivity contribution in [1.29, 1.82) is 0 Å². The summed E-state index contributed by atoms with van der Waals surface area (Å²) in [5, 5.41) is 21.3. The second-order valence-electron chi connectivity index (χ2n) is 10.7. The van der Waals surface area contributed by atoms with Crippen LogP contribution in [0.4, 0.5) is 0 Å². The van der Waals surface area contributed by atoms with Gasteiger partial charge in [-0.1, -0.05) is 72.4 Å². The molecule has 4 atom stereocenters. The Bertz CT molecular complexity index is 1580. The molecule has 2 heterocycles. The number of ether oxygens (including phenoxy) is 3. The predicted octanol–water partition coefficient (Wildman–Crippen LogP) is 4.88. The topological polar surface area (TPSA) is 125 Å². The summed E-state index contributed by atoms with van der Waals surface area (Å²) in [5.74, 6) is -0.172. The third-order valence-corrected chi connectivity index (χ3v) is 8.45. The fourth-order valence-electron chi connectivity index (χ4n) is 4.95. The highest BCUT2D eigenvalue weighted by molar-refractivity contribution is 7.99. The number of benzene rings is 3. The van der Waals surface area contributed by atoms with Crippen molar-refractivity contribution >= 4 is 23.6 Å². The predicted molar refractivity (Wildman–Crippen MR) is 165 cm³/mol. The van der Waals surface area contributed by atoms with Crippen molar-refractivity contribution in [2.75, 3.05) is 5.75 Å². The molecule has 1 amide bonds. The van der Waals surface area contributed by atoms with Crippen LogP contribution in [0, 0.1) is 0 Å². The monoisotopic (exact) mass is 616 g/mol. The number of rotatable bonds is 11. The summed E-state index contributed by atoms with van der Waals surface area (Å²) in [6.07, 6.45) is 0.589. The van der Waals surface area contributed by atoms with Gasteiger partial charge in [0.25, 0.3) is 5.91 Å². The first-order valence-corrected chi connectivity index (χ1v) is 15.4. The molecule has 1 fully saturated rings. The fraction of sp³-hybridized carbons (Fsp3) is 0.333. The summed E-state index contributed by atoms with van der Waals surface area (Å²) >= 11 is 1.59. The van der Waals surface area contributed by atoms with Crippen LogP contribution in [0.1, 0.15) is 54.9 Å². The normalized spacial score (nSPS) is 18.9. The van der Waals surface area contributed by atoms with Crippen LogP contribution >= 0.6 is 11.8 Å². The number of hydrogen-bond acceptors (Lipinski definition) is 9. The van der Waals surface area contributed by atoms with E-state index in [1.165, 1.54) is 6.92 Å². The summed E-state index contributed by atoms with van der Waals surface area (Å²) in [4.78, 5) is 23.5. The van der Waals surface area contributed by atoms with Gasteiger partial charge in [0.2, 0.25) is 0 Å². The van der Waals surface area contributed by atoms with Crippen LogP contribution in [0.15, 0.2) is 84.3 Å². The van der Waals surface area contributed by atoms with E-state index in [-0.39, 0.29) is 24.7 Å². The summed E-state index contributed by atoms with van der Waals surface area (Å²) in [6.45, 7) is 3.11. The molecule has 1 aliphatic rings. The fourth-order valence-corrected chi connectivity index (χ4v) is 5.86. The molecule has 0 bridgehead atoms. The molecule has 10 nitrogen and oxygen atoms in total. The van der Waals surface area contributed by atoms with Crippen molar-refractivity contribution in [2.24, 2.45) is 7.05 Å². The zero-order valence-electron chi connectivity index (χ0n) is 24.9. The van der Waals surface area contributed by atoms with Crippen molar-refractivity contribution in [3.8, 4) is 11.1 Å². The number of aromatic nitrogens is 3. The Kier molecular flexibility index (Phi) is 10.4. The van der Waals surface area contributed by atoms with E-state index in [0.29, 0.717) is 18.7 Å². The smallest absolute Gasteiger partial charge is 0.303 e. The maximum Gasteiger partial charge on any atom is 0.303 e. The lowest BCUT2D eigenvalue weighted by molar-refractivity contribution is -0.245. The van der Waals surface area contributed by atoms with Gasteiger partial charge in [0.1, 0.15) is 6.33 Å². The van der Waals surface area contributed by atoms with E-state index in [2.05, 4.69) is 21.6 Å². The van der Waals surface area contributed by atoms with Crippen LogP contribution in [-0.4, -0.2) is 49.7 Å². The van der Waals surface area contributed by atoms with Crippen LogP contribution in [-0.2, 0) is 44.0 Å². The largest absolute Gasteiger partial charge is 0.453 e. The minimum absolute atomic E-state index is 0.0116. The van der Waals surface area contributed by atoms with Gasteiger partial charge >= 0.3 is 5.97 Å². The van der Waals surface area contributed by atoms with Gasteiger partial charge in [-0.25, -0.2) is 0 Å². The lowest BCUT2D eigenvalue weighted by atomic mass is 9.99. The Balaban J connectivity index is 1.33. The molecule has 3 aromatic carbocycles. The van der Waals surface area contributed by atoms with Gasteiger partial charge in [-0.2, -0.15) is 0 Å². The van der Waals surface area contributed by atoms with Crippen LogP contribution in [0.25, 0.3) is 11.1 Å². The van der Waals surface area contributed by atoms with Crippen molar-refractivity contribution in [2.45, 2.75) is 63.2 Å². The molecule has 5 rings (SSSR count). The van der Waals surface area contributed by atoms with E-state index in [0.717, 1.165) is 38.5 Å². The van der Waals surface area contributed by atoms with E-state index in [9.17, 15) is 14.7 Å². The quantitative estimate of drug-likeness (QED) is 0.179. The van der Waals surface area contributed by atoms with Crippen LogP contribution in [0.2, 0.25) is 0 Å². The molecule has 0 aliphatic carbocycles. The SMILES string of the molecule is CC(=O)O[C@@H](C)C(=O)NCc1cccc(-c2cccc([C@@H]3O[C@H](CSc4nncn4C)C[C@H](c4ccc(CO)cc4)O3)c2)c1. The van der Waals surface area contributed by atoms with E-state index in [1.807, 2.05) is 78.3 Å². The highest BCUT2D eigenvalue weighted by atomic mass is 32.2. The lowest BCUT2D eigenvalue weighted by Gasteiger charge is -2.36. The van der Waals surface area contributed by atoms with Gasteiger partial charge in [-0.05, 0) is 46.9 Å². The zero-order valence-corrected chi connectivity index (χ0v) is 25.7. The molecule has 44 heavy (non-hydrogen) atoms. The number of thioether (sulfide) groups is 1. The molecule has 2 N–H and O–H groups in total. The minimum atomic E-state index is -0.859. The van der Waals surface area contributed by atoms with Crippen molar-refractivity contribution in [3.63, 3.8) is 0 Å². The Hall–Kier alpha value is -4.03. The Morgan fingerprint density at radius 1 is 1.05 bits per heavy atom. The molecule has 1 aromatic heterocycles. The van der Waals surface area contributed by atoms with Gasteiger partial charge in [0.15, 0.2) is 17.6 Å². The number of amides is 1. The van der Waals surface area contributed by atoms with Crippen molar-refractivity contribution in [3.05, 3.63) is 101 Å². The van der Waals surface area contributed by atoms with Gasteiger partial charge in [-0.15, -0.1) is 10.2 Å². The minimum Gasteiger partial charge on any atom is -0.453 e. The average molecular weight is 617 g/mol. The molecule has 0 unspecified atom stereocenters. The number of carbonyl (C=O) groups is 2. The number of esters is 1. The molecule has 0 spiro atoms. The first kappa shape index (κ1) is 31.4. The zero-order chi connectivity index (χ0) is 31.1. The molecule has 1 saturated heterocycles. The first-order chi connectivity index (χ1) is 21.3. The number of nitrogens with zero attached hydrogens (tertiary/aromatic N) is 3. The van der Waals surface area contributed by atoms with Gasteiger partial charge in [0.05, 0.1) is 18.8 Å². The van der Waals surface area contributed by atoms with E-state index in [1.54, 1.807) is 25.0 Å². The van der Waals surface area contributed by atoms with Crippen molar-refractivity contribution < 1.29 is 28.9 Å². The first-order valence-electron chi connectivity index (χ1n) is 14.4. The van der Waals surface area contributed by atoms with Crippen LogP contribution in [0.3, 0.4) is 0 Å². The average Bonchev–Trinajstić information content (AvgIpc) is 3.46.